The topological polar surface area (TPSA) is 151 Å². The number of aliphatic hydroxyl groups is 2. The van der Waals surface area contributed by atoms with Crippen LogP contribution >= 0.6 is 7.82 Å². The van der Waals surface area contributed by atoms with E-state index in [1.54, 1.807) is 0 Å². The van der Waals surface area contributed by atoms with E-state index in [4.69, 9.17) is 14.8 Å². The molecule has 0 bridgehead atoms. The number of nitrogens with two attached hydrogens (primary N) is 1. The first-order valence-corrected chi connectivity index (χ1v) is 21.4. The van der Waals surface area contributed by atoms with Gasteiger partial charge in [-0.1, -0.05) is 154 Å². The fourth-order valence-corrected chi connectivity index (χ4v) is 6.64. The van der Waals surface area contributed by atoms with Crippen LogP contribution in [0.1, 0.15) is 187 Å². The first kappa shape index (κ1) is 47.2. The fraction of sp³-hybridized carbons (Fsp3) is 0.921. The third kappa shape index (κ3) is 32.4. The molecule has 0 fully saturated rings. The van der Waals surface area contributed by atoms with Crippen LogP contribution in [0, 0.1) is 0 Å². The molecule has 0 aromatic carbocycles. The molecule has 0 heterocycles. The van der Waals surface area contributed by atoms with E-state index in [0.717, 1.165) is 51.4 Å². The Morgan fingerprint density at radius 2 is 1.12 bits per heavy atom. The first-order chi connectivity index (χ1) is 23.3. The van der Waals surface area contributed by atoms with Gasteiger partial charge in [0.25, 0.3) is 0 Å². The summed E-state index contributed by atoms with van der Waals surface area (Å²) in [6, 6.07) is -0.893. The van der Waals surface area contributed by atoms with Gasteiger partial charge >= 0.3 is 7.82 Å². The molecule has 0 saturated carbocycles. The summed E-state index contributed by atoms with van der Waals surface area (Å²) in [7, 11) is -4.36. The maximum Gasteiger partial charge on any atom is 0.472 e. The summed E-state index contributed by atoms with van der Waals surface area (Å²) in [5.41, 5.74) is 5.34. The fourth-order valence-electron chi connectivity index (χ4n) is 5.88. The largest absolute Gasteiger partial charge is 0.472 e. The molecule has 10 heteroatoms. The highest BCUT2D eigenvalue weighted by Crippen LogP contribution is 2.43. The van der Waals surface area contributed by atoms with Crippen LogP contribution in [0.5, 0.6) is 0 Å². The molecule has 1 amide bonds. The Morgan fingerprint density at radius 3 is 1.60 bits per heavy atom. The maximum atomic E-state index is 12.7. The molecule has 0 aliphatic carbocycles. The maximum absolute atomic E-state index is 12.7. The van der Waals surface area contributed by atoms with E-state index in [-0.39, 0.29) is 26.2 Å². The van der Waals surface area contributed by atoms with Gasteiger partial charge in [0.05, 0.1) is 37.9 Å². The van der Waals surface area contributed by atoms with Crippen molar-refractivity contribution in [2.45, 2.75) is 205 Å². The lowest BCUT2D eigenvalue weighted by Crippen LogP contribution is -2.47. The third-order valence-corrected chi connectivity index (χ3v) is 9.91. The number of carbonyl (C=O) groups is 1. The van der Waals surface area contributed by atoms with Crippen molar-refractivity contribution in [2.24, 2.45) is 5.73 Å². The lowest BCUT2D eigenvalue weighted by atomic mass is 10.0. The summed E-state index contributed by atoms with van der Waals surface area (Å²) >= 11 is 0. The van der Waals surface area contributed by atoms with E-state index < -0.39 is 32.0 Å². The number of phosphoric acid groups is 1. The van der Waals surface area contributed by atoms with Crippen molar-refractivity contribution in [1.29, 1.82) is 0 Å². The van der Waals surface area contributed by atoms with Crippen LogP contribution in [0.2, 0.25) is 0 Å². The van der Waals surface area contributed by atoms with Crippen LogP contribution in [0.3, 0.4) is 0 Å². The van der Waals surface area contributed by atoms with E-state index in [1.807, 2.05) is 0 Å². The van der Waals surface area contributed by atoms with Gasteiger partial charge in [-0.25, -0.2) is 4.57 Å². The Morgan fingerprint density at radius 1 is 0.688 bits per heavy atom. The SMILES string of the molecule is CCCCCCCCCCCC/C=C\CCCCCCCC(O)CC(=O)NC(COP(=O)(O)OCCN)C(O)CCCCCCCCC. The van der Waals surface area contributed by atoms with E-state index in [1.165, 1.54) is 103 Å². The quantitative estimate of drug-likeness (QED) is 0.0244. The summed E-state index contributed by atoms with van der Waals surface area (Å²) in [4.78, 5) is 22.6. The summed E-state index contributed by atoms with van der Waals surface area (Å²) in [5, 5.41) is 24.0. The van der Waals surface area contributed by atoms with Crippen molar-refractivity contribution in [3.8, 4) is 0 Å². The van der Waals surface area contributed by atoms with Crippen LogP contribution in [-0.2, 0) is 18.4 Å². The molecular formula is C38H77N2O7P. The average molecular weight is 705 g/mol. The predicted octanol–water partition coefficient (Wildman–Crippen LogP) is 9.41. The van der Waals surface area contributed by atoms with Crippen molar-refractivity contribution < 1.29 is 33.5 Å². The van der Waals surface area contributed by atoms with Crippen molar-refractivity contribution in [2.75, 3.05) is 19.8 Å². The molecule has 0 saturated heterocycles. The predicted molar refractivity (Wildman–Crippen MR) is 200 cm³/mol. The summed E-state index contributed by atoms with van der Waals surface area (Å²) in [6.45, 7) is 3.98. The Kier molecular flexibility index (Phi) is 34.1. The van der Waals surface area contributed by atoms with Crippen LogP contribution < -0.4 is 11.1 Å². The normalized spacial score (nSPS) is 15.0. The molecule has 0 aliphatic heterocycles. The molecule has 48 heavy (non-hydrogen) atoms. The Labute approximate surface area is 295 Å². The zero-order valence-electron chi connectivity index (χ0n) is 31.1. The van der Waals surface area contributed by atoms with Gasteiger partial charge in [0.2, 0.25) is 5.91 Å². The van der Waals surface area contributed by atoms with Gasteiger partial charge in [0, 0.05) is 6.54 Å². The van der Waals surface area contributed by atoms with E-state index in [2.05, 4.69) is 31.3 Å². The van der Waals surface area contributed by atoms with E-state index in [9.17, 15) is 24.5 Å². The molecule has 286 valence electrons. The molecule has 0 aromatic heterocycles. The molecule has 9 nitrogen and oxygen atoms in total. The second kappa shape index (κ2) is 34.6. The first-order valence-electron chi connectivity index (χ1n) is 19.9. The zero-order chi connectivity index (χ0) is 35.6. The van der Waals surface area contributed by atoms with Crippen LogP contribution in [0.25, 0.3) is 0 Å². The van der Waals surface area contributed by atoms with Crippen molar-refractivity contribution >= 4 is 13.7 Å². The van der Waals surface area contributed by atoms with E-state index >= 15 is 0 Å². The molecular weight excluding hydrogens is 627 g/mol. The molecule has 0 rings (SSSR count). The molecule has 4 unspecified atom stereocenters. The Bertz CT molecular complexity index is 786. The highest BCUT2D eigenvalue weighted by molar-refractivity contribution is 7.47. The lowest BCUT2D eigenvalue weighted by Gasteiger charge is -2.25. The highest BCUT2D eigenvalue weighted by atomic mass is 31.2. The zero-order valence-corrected chi connectivity index (χ0v) is 32.0. The van der Waals surface area contributed by atoms with Gasteiger partial charge < -0.3 is 26.2 Å². The van der Waals surface area contributed by atoms with Gasteiger partial charge in [-0.05, 0) is 38.5 Å². The number of phosphoric ester groups is 1. The minimum atomic E-state index is -4.36. The second-order valence-electron chi connectivity index (χ2n) is 13.7. The molecule has 0 aromatic rings. The number of hydrogen-bond donors (Lipinski definition) is 5. The standard InChI is InChI=1S/C38H77N2O7P/c1-3-5-7-9-11-12-13-14-15-16-17-18-19-20-21-22-24-25-27-29-35(41)33-38(43)40-36(34-47-48(44,45)46-32-31-39)37(42)30-28-26-23-10-8-6-4-2/h18-19,35-37,41-42H,3-17,20-34,39H2,1-2H3,(H,40,43)(H,44,45)/b19-18-. The van der Waals surface area contributed by atoms with Crippen LogP contribution in [-0.4, -0.2) is 59.0 Å². The summed E-state index contributed by atoms with van der Waals surface area (Å²) < 4.78 is 21.9. The monoisotopic (exact) mass is 705 g/mol. The molecule has 0 radical (unpaired) electrons. The van der Waals surface area contributed by atoms with Gasteiger partial charge in [-0.15, -0.1) is 0 Å². The number of hydrogen-bond acceptors (Lipinski definition) is 7. The van der Waals surface area contributed by atoms with Gasteiger partial charge in [0.15, 0.2) is 0 Å². The van der Waals surface area contributed by atoms with Crippen molar-refractivity contribution in [1.82, 2.24) is 5.32 Å². The summed E-state index contributed by atoms with van der Waals surface area (Å²) in [5.74, 6) is -0.421. The van der Waals surface area contributed by atoms with Gasteiger partial charge in [0.1, 0.15) is 0 Å². The lowest BCUT2D eigenvalue weighted by molar-refractivity contribution is -0.125. The number of rotatable bonds is 37. The smallest absolute Gasteiger partial charge is 0.393 e. The third-order valence-electron chi connectivity index (χ3n) is 8.92. The van der Waals surface area contributed by atoms with Crippen LogP contribution in [0.4, 0.5) is 0 Å². The molecule has 6 N–H and O–H groups in total. The minimum absolute atomic E-state index is 0.0592. The minimum Gasteiger partial charge on any atom is -0.393 e. The average Bonchev–Trinajstić information content (AvgIpc) is 3.06. The number of amides is 1. The van der Waals surface area contributed by atoms with Crippen LogP contribution in [0.15, 0.2) is 12.2 Å². The number of allylic oxidation sites excluding steroid dienone is 2. The Hall–Kier alpha value is -0.800. The van der Waals surface area contributed by atoms with E-state index in [0.29, 0.717) is 12.8 Å². The molecule has 4 atom stereocenters. The van der Waals surface area contributed by atoms with Gasteiger partial charge in [-0.3, -0.25) is 13.8 Å². The second-order valence-corrected chi connectivity index (χ2v) is 15.1. The number of aliphatic hydroxyl groups excluding tert-OH is 2. The highest BCUT2D eigenvalue weighted by Gasteiger charge is 2.28. The summed E-state index contributed by atoms with van der Waals surface area (Å²) in [6.07, 6.45) is 32.8. The molecule has 0 spiro atoms. The van der Waals surface area contributed by atoms with Crippen molar-refractivity contribution in [3.05, 3.63) is 12.2 Å². The molecule has 0 aliphatic rings. The number of nitrogens with one attached hydrogen (secondary N) is 1. The number of unbranched alkanes of at least 4 members (excludes halogenated alkanes) is 21. The van der Waals surface area contributed by atoms with Gasteiger partial charge in [-0.2, -0.15) is 0 Å². The Balaban J connectivity index is 4.15. The number of carbonyl (C=O) groups excluding carboxylic acids is 1. The van der Waals surface area contributed by atoms with Crippen molar-refractivity contribution in [3.63, 3.8) is 0 Å².